The lowest BCUT2D eigenvalue weighted by molar-refractivity contribution is -0.129. The molecular formula is C16H21NO3. The van der Waals surface area contributed by atoms with Crippen molar-refractivity contribution in [1.29, 1.82) is 0 Å². The van der Waals surface area contributed by atoms with Crippen LogP contribution in [-0.4, -0.2) is 24.0 Å². The number of hydrogen-bond acceptors (Lipinski definition) is 3. The molecule has 1 aromatic carbocycles. The summed E-state index contributed by atoms with van der Waals surface area (Å²) in [4.78, 5) is 23.8. The number of rotatable bonds is 4. The number of benzene rings is 1. The van der Waals surface area contributed by atoms with Crippen molar-refractivity contribution < 1.29 is 14.3 Å². The molecule has 1 aliphatic rings. The van der Waals surface area contributed by atoms with Gasteiger partial charge in [-0.05, 0) is 63.3 Å². The molecule has 0 spiro atoms. The van der Waals surface area contributed by atoms with Gasteiger partial charge in [-0.3, -0.25) is 4.79 Å². The van der Waals surface area contributed by atoms with Gasteiger partial charge in [0.25, 0.3) is 5.91 Å². The molecule has 0 heterocycles. The van der Waals surface area contributed by atoms with Crippen LogP contribution in [0.5, 0.6) is 0 Å². The van der Waals surface area contributed by atoms with Crippen LogP contribution in [0.4, 0.5) is 0 Å². The van der Waals surface area contributed by atoms with Gasteiger partial charge in [-0.2, -0.15) is 0 Å². The number of carbonyl (C=O) groups excluding carboxylic acids is 2. The number of aryl methyl sites for hydroxylation is 2. The average molecular weight is 275 g/mol. The highest BCUT2D eigenvalue weighted by atomic mass is 16.5. The fourth-order valence-electron chi connectivity index (χ4n) is 2.38. The second-order valence-electron chi connectivity index (χ2n) is 5.55. The lowest BCUT2D eigenvalue weighted by Crippen LogP contribution is -2.39. The first-order valence-electron chi connectivity index (χ1n) is 7.10. The highest BCUT2D eigenvalue weighted by molar-refractivity contribution is 5.92. The number of nitrogens with one attached hydrogen (secondary N) is 1. The van der Waals surface area contributed by atoms with Crippen LogP contribution in [0.1, 0.15) is 48.7 Å². The van der Waals surface area contributed by atoms with Crippen LogP contribution in [-0.2, 0) is 22.4 Å². The number of carbonyl (C=O) groups is 2. The van der Waals surface area contributed by atoms with E-state index in [1.54, 1.807) is 13.0 Å². The zero-order chi connectivity index (χ0) is 14.7. The Hall–Kier alpha value is -1.84. The molecular weight excluding hydrogens is 254 g/mol. The van der Waals surface area contributed by atoms with Crippen molar-refractivity contribution in [2.45, 2.75) is 52.2 Å². The maximum absolute atomic E-state index is 12.0. The number of esters is 1. The molecule has 1 atom stereocenters. The minimum Gasteiger partial charge on any atom is -0.449 e. The third-order valence-corrected chi connectivity index (χ3v) is 3.42. The Kier molecular flexibility index (Phi) is 4.42. The fourth-order valence-corrected chi connectivity index (χ4v) is 2.38. The summed E-state index contributed by atoms with van der Waals surface area (Å²) >= 11 is 0. The minimum atomic E-state index is -0.779. The minimum absolute atomic E-state index is 0.0312. The Labute approximate surface area is 119 Å². The van der Waals surface area contributed by atoms with Crippen molar-refractivity contribution in [1.82, 2.24) is 5.32 Å². The Balaban J connectivity index is 1.99. The first-order valence-corrected chi connectivity index (χ1v) is 7.10. The fraction of sp³-hybridized carbons (Fsp3) is 0.500. The summed E-state index contributed by atoms with van der Waals surface area (Å²) in [5.41, 5.74) is 3.06. The molecule has 4 heteroatoms. The van der Waals surface area contributed by atoms with Gasteiger partial charge in [0.1, 0.15) is 0 Å². The summed E-state index contributed by atoms with van der Waals surface area (Å²) in [6, 6.07) is 5.68. The van der Waals surface area contributed by atoms with Crippen LogP contribution in [0.3, 0.4) is 0 Å². The van der Waals surface area contributed by atoms with Crippen molar-refractivity contribution >= 4 is 11.9 Å². The van der Waals surface area contributed by atoms with E-state index in [0.29, 0.717) is 5.56 Å². The van der Waals surface area contributed by atoms with Gasteiger partial charge < -0.3 is 10.1 Å². The van der Waals surface area contributed by atoms with Gasteiger partial charge in [-0.1, -0.05) is 6.07 Å². The van der Waals surface area contributed by atoms with E-state index in [1.807, 2.05) is 26.0 Å². The van der Waals surface area contributed by atoms with E-state index in [9.17, 15) is 9.59 Å². The smallest absolute Gasteiger partial charge is 0.338 e. The maximum Gasteiger partial charge on any atom is 0.338 e. The van der Waals surface area contributed by atoms with Gasteiger partial charge in [-0.25, -0.2) is 4.79 Å². The summed E-state index contributed by atoms with van der Waals surface area (Å²) in [6.45, 7) is 5.32. The molecule has 1 unspecified atom stereocenters. The number of fused-ring (bicyclic) bond motifs is 1. The van der Waals surface area contributed by atoms with Gasteiger partial charge in [0.05, 0.1) is 5.56 Å². The van der Waals surface area contributed by atoms with Crippen LogP contribution in [0.15, 0.2) is 18.2 Å². The molecule has 0 aliphatic heterocycles. The predicted octanol–water partition coefficient (Wildman–Crippen LogP) is 2.25. The zero-order valence-electron chi connectivity index (χ0n) is 12.2. The zero-order valence-corrected chi connectivity index (χ0v) is 12.2. The molecule has 1 N–H and O–H groups in total. The number of amides is 1. The predicted molar refractivity (Wildman–Crippen MR) is 76.6 cm³/mol. The lowest BCUT2D eigenvalue weighted by Gasteiger charge is -2.15. The standard InChI is InChI=1S/C16H21NO3/c1-10(2)17-15(18)11(3)20-16(19)14-8-7-12-5-4-6-13(12)9-14/h7-11H,4-6H2,1-3H3,(H,17,18). The van der Waals surface area contributed by atoms with E-state index in [1.165, 1.54) is 11.1 Å². The van der Waals surface area contributed by atoms with Crippen molar-refractivity contribution in [3.8, 4) is 0 Å². The van der Waals surface area contributed by atoms with E-state index in [4.69, 9.17) is 4.74 Å². The van der Waals surface area contributed by atoms with Crippen LogP contribution in [0, 0.1) is 0 Å². The molecule has 20 heavy (non-hydrogen) atoms. The average Bonchev–Trinajstić information content (AvgIpc) is 2.84. The lowest BCUT2D eigenvalue weighted by atomic mass is 10.1. The molecule has 1 aromatic rings. The van der Waals surface area contributed by atoms with E-state index in [-0.39, 0.29) is 11.9 Å². The van der Waals surface area contributed by atoms with Crippen molar-refractivity contribution in [2.24, 2.45) is 0 Å². The van der Waals surface area contributed by atoms with Gasteiger partial charge >= 0.3 is 5.97 Å². The number of ether oxygens (including phenoxy) is 1. The normalized spacial score (nSPS) is 14.8. The Morgan fingerprint density at radius 2 is 1.85 bits per heavy atom. The Morgan fingerprint density at radius 1 is 1.15 bits per heavy atom. The largest absolute Gasteiger partial charge is 0.449 e. The summed E-state index contributed by atoms with van der Waals surface area (Å²) in [7, 11) is 0. The second kappa shape index (κ2) is 6.07. The topological polar surface area (TPSA) is 55.4 Å². The SMILES string of the molecule is CC(C)NC(=O)C(C)OC(=O)c1ccc2c(c1)CCC2. The third-order valence-electron chi connectivity index (χ3n) is 3.42. The molecule has 4 nitrogen and oxygen atoms in total. The van der Waals surface area contributed by atoms with Gasteiger partial charge in [0.2, 0.25) is 0 Å². The molecule has 0 fully saturated rings. The summed E-state index contributed by atoms with van der Waals surface area (Å²) in [5.74, 6) is -0.708. The van der Waals surface area contributed by atoms with Crippen LogP contribution < -0.4 is 5.32 Å². The summed E-state index contributed by atoms with van der Waals surface area (Å²) in [6.07, 6.45) is 2.46. The monoisotopic (exact) mass is 275 g/mol. The van der Waals surface area contributed by atoms with E-state index in [0.717, 1.165) is 19.3 Å². The molecule has 1 amide bonds. The quantitative estimate of drug-likeness (QED) is 0.857. The molecule has 0 saturated carbocycles. The van der Waals surface area contributed by atoms with Crippen LogP contribution in [0.2, 0.25) is 0 Å². The molecule has 1 aliphatic carbocycles. The molecule has 0 aromatic heterocycles. The first kappa shape index (κ1) is 14.6. The van der Waals surface area contributed by atoms with Crippen molar-refractivity contribution in [2.75, 3.05) is 0 Å². The van der Waals surface area contributed by atoms with Gasteiger partial charge in [0, 0.05) is 6.04 Å². The first-order chi connectivity index (χ1) is 9.47. The summed E-state index contributed by atoms with van der Waals surface area (Å²) < 4.78 is 5.21. The third kappa shape index (κ3) is 3.38. The van der Waals surface area contributed by atoms with Gasteiger partial charge in [-0.15, -0.1) is 0 Å². The van der Waals surface area contributed by atoms with E-state index >= 15 is 0 Å². The number of hydrogen-bond donors (Lipinski definition) is 1. The Bertz CT molecular complexity index is 522. The van der Waals surface area contributed by atoms with Crippen LogP contribution in [0.25, 0.3) is 0 Å². The highest BCUT2D eigenvalue weighted by Gasteiger charge is 2.20. The van der Waals surface area contributed by atoms with Crippen LogP contribution >= 0.6 is 0 Å². The Morgan fingerprint density at radius 3 is 2.55 bits per heavy atom. The molecule has 0 radical (unpaired) electrons. The molecule has 108 valence electrons. The maximum atomic E-state index is 12.0. The van der Waals surface area contributed by atoms with Crippen molar-refractivity contribution in [3.05, 3.63) is 34.9 Å². The highest BCUT2D eigenvalue weighted by Crippen LogP contribution is 2.23. The molecule has 2 rings (SSSR count). The van der Waals surface area contributed by atoms with Gasteiger partial charge in [0.15, 0.2) is 6.10 Å². The molecule has 0 bridgehead atoms. The van der Waals surface area contributed by atoms with E-state index < -0.39 is 12.1 Å². The molecule has 0 saturated heterocycles. The second-order valence-corrected chi connectivity index (χ2v) is 5.55. The van der Waals surface area contributed by atoms with E-state index in [2.05, 4.69) is 5.32 Å². The summed E-state index contributed by atoms with van der Waals surface area (Å²) in [5, 5.41) is 2.72. The van der Waals surface area contributed by atoms with Crippen molar-refractivity contribution in [3.63, 3.8) is 0 Å².